The molecular formula is C13H19NO2S. The Morgan fingerprint density at radius 3 is 2.65 bits per heavy atom. The molecule has 1 aliphatic rings. The molecule has 0 aromatic carbocycles. The van der Waals surface area contributed by atoms with Crippen molar-refractivity contribution in [1.29, 1.82) is 0 Å². The van der Waals surface area contributed by atoms with Crippen LogP contribution in [0.1, 0.15) is 53.8 Å². The average molecular weight is 253 g/mol. The van der Waals surface area contributed by atoms with Crippen LogP contribution in [0.3, 0.4) is 0 Å². The van der Waals surface area contributed by atoms with Gasteiger partial charge in [0.2, 0.25) is 0 Å². The molecule has 0 spiro atoms. The van der Waals surface area contributed by atoms with Gasteiger partial charge >= 0.3 is 5.97 Å². The van der Waals surface area contributed by atoms with Crippen molar-refractivity contribution in [2.24, 2.45) is 0 Å². The van der Waals surface area contributed by atoms with E-state index in [0.29, 0.717) is 11.6 Å². The molecule has 0 amide bonds. The Bertz CT molecular complexity index is 367. The number of aromatic carboxylic acids is 1. The molecule has 2 N–H and O–H groups in total. The van der Waals surface area contributed by atoms with Gasteiger partial charge in [0.15, 0.2) is 0 Å². The van der Waals surface area contributed by atoms with Gasteiger partial charge < -0.3 is 10.4 Å². The minimum Gasteiger partial charge on any atom is -0.478 e. The van der Waals surface area contributed by atoms with E-state index in [1.807, 2.05) is 0 Å². The van der Waals surface area contributed by atoms with Crippen molar-refractivity contribution < 1.29 is 9.90 Å². The fraction of sp³-hybridized carbons (Fsp3) is 0.615. The first-order chi connectivity index (χ1) is 8.25. The first-order valence-electron chi connectivity index (χ1n) is 6.30. The summed E-state index contributed by atoms with van der Waals surface area (Å²) in [5.41, 5.74) is 0.410. The molecule has 4 heteroatoms. The van der Waals surface area contributed by atoms with E-state index in [0.717, 1.165) is 11.4 Å². The van der Waals surface area contributed by atoms with Gasteiger partial charge in [0.05, 0.1) is 5.56 Å². The quantitative estimate of drug-likeness (QED) is 0.810. The van der Waals surface area contributed by atoms with Crippen molar-refractivity contribution in [2.45, 2.75) is 51.1 Å². The van der Waals surface area contributed by atoms with Gasteiger partial charge in [-0.05, 0) is 18.9 Å². The lowest BCUT2D eigenvalue weighted by Gasteiger charge is -2.15. The Kier molecular flexibility index (Phi) is 4.57. The van der Waals surface area contributed by atoms with Crippen LogP contribution in [0.25, 0.3) is 0 Å². The monoisotopic (exact) mass is 253 g/mol. The zero-order chi connectivity index (χ0) is 12.1. The van der Waals surface area contributed by atoms with Crippen LogP contribution in [0.5, 0.6) is 0 Å². The molecule has 0 unspecified atom stereocenters. The zero-order valence-corrected chi connectivity index (χ0v) is 10.8. The van der Waals surface area contributed by atoms with Crippen LogP contribution in [-0.4, -0.2) is 17.1 Å². The molecule has 0 radical (unpaired) electrons. The van der Waals surface area contributed by atoms with Gasteiger partial charge in [-0.1, -0.05) is 25.7 Å². The fourth-order valence-corrected chi connectivity index (χ4v) is 3.12. The van der Waals surface area contributed by atoms with Crippen molar-refractivity contribution in [1.82, 2.24) is 5.32 Å². The first kappa shape index (κ1) is 12.6. The number of carboxylic acids is 1. The molecule has 0 bridgehead atoms. The molecule has 0 aliphatic heterocycles. The zero-order valence-electron chi connectivity index (χ0n) is 9.95. The fourth-order valence-electron chi connectivity index (χ4n) is 2.31. The highest BCUT2D eigenvalue weighted by molar-refractivity contribution is 7.10. The highest BCUT2D eigenvalue weighted by atomic mass is 32.1. The second-order valence-corrected chi connectivity index (χ2v) is 5.67. The standard InChI is InChI=1S/C13H19NO2S/c15-13(16)10-7-12(17-9-10)8-14-11-5-3-1-2-4-6-11/h7,9,11,14H,1-6,8H2,(H,15,16). The third-order valence-electron chi connectivity index (χ3n) is 3.32. The lowest BCUT2D eigenvalue weighted by molar-refractivity contribution is 0.0697. The van der Waals surface area contributed by atoms with Gasteiger partial charge in [-0.2, -0.15) is 0 Å². The van der Waals surface area contributed by atoms with Crippen molar-refractivity contribution in [3.63, 3.8) is 0 Å². The number of nitrogens with one attached hydrogen (secondary N) is 1. The van der Waals surface area contributed by atoms with E-state index in [4.69, 9.17) is 5.11 Å². The third kappa shape index (κ3) is 3.82. The summed E-state index contributed by atoms with van der Waals surface area (Å²) in [6.45, 7) is 0.808. The molecule has 1 aliphatic carbocycles. The molecule has 0 saturated heterocycles. The summed E-state index contributed by atoms with van der Waals surface area (Å²) in [7, 11) is 0. The van der Waals surface area contributed by atoms with E-state index in [1.165, 1.54) is 49.9 Å². The molecule has 17 heavy (non-hydrogen) atoms. The van der Waals surface area contributed by atoms with E-state index in [9.17, 15) is 4.79 Å². The maximum absolute atomic E-state index is 10.8. The van der Waals surface area contributed by atoms with Gasteiger partial charge in [-0.3, -0.25) is 0 Å². The summed E-state index contributed by atoms with van der Waals surface area (Å²) < 4.78 is 0. The van der Waals surface area contributed by atoms with E-state index in [-0.39, 0.29) is 0 Å². The number of thiophene rings is 1. The Morgan fingerprint density at radius 1 is 1.35 bits per heavy atom. The van der Waals surface area contributed by atoms with E-state index >= 15 is 0 Å². The van der Waals surface area contributed by atoms with E-state index in [2.05, 4.69) is 5.32 Å². The van der Waals surface area contributed by atoms with Crippen molar-refractivity contribution in [2.75, 3.05) is 0 Å². The number of carboxylic acid groups (broad SMARTS) is 1. The predicted octanol–water partition coefficient (Wildman–Crippen LogP) is 3.26. The second-order valence-electron chi connectivity index (χ2n) is 4.68. The number of rotatable bonds is 4. The third-order valence-corrected chi connectivity index (χ3v) is 4.26. The number of hydrogen-bond donors (Lipinski definition) is 2. The number of carbonyl (C=O) groups is 1. The summed E-state index contributed by atoms with van der Waals surface area (Å²) in [6.07, 6.45) is 7.89. The van der Waals surface area contributed by atoms with Crippen LogP contribution in [0, 0.1) is 0 Å². The highest BCUT2D eigenvalue weighted by Gasteiger charge is 2.12. The van der Waals surface area contributed by atoms with Crippen molar-refractivity contribution >= 4 is 17.3 Å². The molecule has 0 atom stereocenters. The van der Waals surface area contributed by atoms with Gasteiger partial charge in [0, 0.05) is 22.8 Å². The summed E-state index contributed by atoms with van der Waals surface area (Å²) in [5, 5.41) is 14.1. The largest absolute Gasteiger partial charge is 0.478 e. The SMILES string of the molecule is O=C(O)c1csc(CNC2CCCCCC2)c1. The summed E-state index contributed by atoms with van der Waals surface area (Å²) in [6, 6.07) is 2.39. The van der Waals surface area contributed by atoms with Crippen LogP contribution in [0.2, 0.25) is 0 Å². The van der Waals surface area contributed by atoms with Crippen LogP contribution >= 0.6 is 11.3 Å². The maximum Gasteiger partial charge on any atom is 0.336 e. The molecule has 1 aromatic rings. The van der Waals surface area contributed by atoms with E-state index < -0.39 is 5.97 Å². The molecule has 3 nitrogen and oxygen atoms in total. The lowest BCUT2D eigenvalue weighted by Crippen LogP contribution is -2.27. The Labute approximate surface area is 106 Å². The van der Waals surface area contributed by atoms with Gasteiger partial charge in [-0.25, -0.2) is 4.79 Å². The highest BCUT2D eigenvalue weighted by Crippen LogP contribution is 2.19. The smallest absolute Gasteiger partial charge is 0.336 e. The van der Waals surface area contributed by atoms with E-state index in [1.54, 1.807) is 11.4 Å². The minimum atomic E-state index is -0.832. The average Bonchev–Trinajstić information content (AvgIpc) is 2.63. The molecule has 1 heterocycles. The van der Waals surface area contributed by atoms with Gasteiger partial charge in [0.1, 0.15) is 0 Å². The summed E-state index contributed by atoms with van der Waals surface area (Å²) >= 11 is 1.53. The lowest BCUT2D eigenvalue weighted by atomic mass is 10.1. The molecular weight excluding hydrogens is 234 g/mol. The van der Waals surface area contributed by atoms with Crippen LogP contribution in [0.4, 0.5) is 0 Å². The van der Waals surface area contributed by atoms with Gasteiger partial charge in [0.25, 0.3) is 0 Å². The normalized spacial score (nSPS) is 17.9. The van der Waals surface area contributed by atoms with Crippen LogP contribution in [-0.2, 0) is 6.54 Å². The molecule has 1 fully saturated rings. The number of hydrogen-bond acceptors (Lipinski definition) is 3. The maximum atomic E-state index is 10.8. The Balaban J connectivity index is 1.81. The summed E-state index contributed by atoms with van der Waals surface area (Å²) in [4.78, 5) is 11.9. The Morgan fingerprint density at radius 2 is 2.06 bits per heavy atom. The minimum absolute atomic E-state index is 0.410. The van der Waals surface area contributed by atoms with Crippen LogP contribution < -0.4 is 5.32 Å². The molecule has 1 saturated carbocycles. The predicted molar refractivity (Wildman–Crippen MR) is 69.6 cm³/mol. The second kappa shape index (κ2) is 6.17. The molecule has 2 rings (SSSR count). The van der Waals surface area contributed by atoms with Crippen molar-refractivity contribution in [3.8, 4) is 0 Å². The molecule has 94 valence electrons. The topological polar surface area (TPSA) is 49.3 Å². The first-order valence-corrected chi connectivity index (χ1v) is 7.18. The Hall–Kier alpha value is -0.870. The van der Waals surface area contributed by atoms with Crippen LogP contribution in [0.15, 0.2) is 11.4 Å². The summed E-state index contributed by atoms with van der Waals surface area (Å²) in [5.74, 6) is -0.832. The van der Waals surface area contributed by atoms with Gasteiger partial charge in [-0.15, -0.1) is 11.3 Å². The van der Waals surface area contributed by atoms with Crippen molar-refractivity contribution in [3.05, 3.63) is 21.9 Å². The molecule has 1 aromatic heterocycles.